The van der Waals surface area contributed by atoms with Crippen molar-refractivity contribution >= 4 is 11.8 Å². The molecule has 2 amide bonds. The van der Waals surface area contributed by atoms with Crippen molar-refractivity contribution in [2.45, 2.75) is 66.3 Å². The van der Waals surface area contributed by atoms with Gasteiger partial charge in [-0.15, -0.1) is 0 Å². The first-order chi connectivity index (χ1) is 9.45. The Labute approximate surface area is 129 Å². The molecule has 0 aliphatic rings. The van der Waals surface area contributed by atoms with Gasteiger partial charge in [-0.3, -0.25) is 9.59 Å². The molecule has 0 radical (unpaired) electrons. The summed E-state index contributed by atoms with van der Waals surface area (Å²) in [7, 11) is 0. The summed E-state index contributed by atoms with van der Waals surface area (Å²) in [5.41, 5.74) is 5.50. The third-order valence-electron chi connectivity index (χ3n) is 3.42. The van der Waals surface area contributed by atoms with Gasteiger partial charge in [-0.1, -0.05) is 20.8 Å². The smallest absolute Gasteiger partial charge is 0.239 e. The monoisotopic (exact) mass is 299 g/mol. The van der Waals surface area contributed by atoms with Crippen molar-refractivity contribution in [3.63, 3.8) is 0 Å². The van der Waals surface area contributed by atoms with Crippen LogP contribution in [0.3, 0.4) is 0 Å². The zero-order chi connectivity index (χ0) is 16.7. The van der Waals surface area contributed by atoms with Crippen LogP contribution in [0, 0.1) is 11.3 Å². The van der Waals surface area contributed by atoms with E-state index in [1.165, 1.54) is 0 Å². The molecule has 1 atom stereocenters. The lowest BCUT2D eigenvalue weighted by Crippen LogP contribution is -2.45. The van der Waals surface area contributed by atoms with E-state index < -0.39 is 0 Å². The van der Waals surface area contributed by atoms with Crippen LogP contribution in [0.2, 0.25) is 0 Å². The Bertz CT molecular complexity index is 340. The third-order valence-corrected chi connectivity index (χ3v) is 3.42. The lowest BCUT2D eigenvalue weighted by molar-refractivity contribution is -0.127. The molecule has 0 fully saturated rings. The van der Waals surface area contributed by atoms with Crippen molar-refractivity contribution in [2.75, 3.05) is 13.1 Å². The SMILES string of the molecule is CC(C)(C)NC(=O)CNC(=O)CCC(CCN)C(C)(C)C. The van der Waals surface area contributed by atoms with Gasteiger partial charge in [-0.25, -0.2) is 0 Å². The summed E-state index contributed by atoms with van der Waals surface area (Å²) >= 11 is 0. The van der Waals surface area contributed by atoms with Crippen molar-refractivity contribution in [3.8, 4) is 0 Å². The normalized spacial score (nSPS) is 13.7. The highest BCUT2D eigenvalue weighted by atomic mass is 16.2. The fourth-order valence-electron chi connectivity index (χ4n) is 2.25. The van der Waals surface area contributed by atoms with Crippen molar-refractivity contribution < 1.29 is 9.59 Å². The van der Waals surface area contributed by atoms with E-state index in [0.29, 0.717) is 18.9 Å². The number of rotatable bonds is 7. The van der Waals surface area contributed by atoms with Crippen molar-refractivity contribution in [1.29, 1.82) is 0 Å². The highest BCUT2D eigenvalue weighted by Crippen LogP contribution is 2.31. The molecule has 21 heavy (non-hydrogen) atoms. The minimum Gasteiger partial charge on any atom is -0.350 e. The first-order valence-electron chi connectivity index (χ1n) is 7.73. The Morgan fingerprint density at radius 2 is 1.57 bits per heavy atom. The van der Waals surface area contributed by atoms with Crippen LogP contribution in [0.25, 0.3) is 0 Å². The summed E-state index contributed by atoms with van der Waals surface area (Å²) in [6.45, 7) is 12.9. The average molecular weight is 299 g/mol. The second-order valence-electron chi connectivity index (χ2n) is 7.75. The fourth-order valence-corrected chi connectivity index (χ4v) is 2.25. The molecule has 0 spiro atoms. The molecule has 0 aromatic rings. The van der Waals surface area contributed by atoms with Crippen LogP contribution in [0.5, 0.6) is 0 Å². The van der Waals surface area contributed by atoms with Crippen LogP contribution in [-0.4, -0.2) is 30.4 Å². The molecule has 0 aromatic heterocycles. The van der Waals surface area contributed by atoms with Gasteiger partial charge in [-0.05, 0) is 51.5 Å². The molecule has 5 heteroatoms. The second kappa shape index (κ2) is 8.37. The molecular weight excluding hydrogens is 266 g/mol. The largest absolute Gasteiger partial charge is 0.350 e. The Hall–Kier alpha value is -1.10. The van der Waals surface area contributed by atoms with Gasteiger partial charge < -0.3 is 16.4 Å². The average Bonchev–Trinajstić information content (AvgIpc) is 2.28. The minimum absolute atomic E-state index is 0.0349. The van der Waals surface area contributed by atoms with Gasteiger partial charge in [0.15, 0.2) is 0 Å². The van der Waals surface area contributed by atoms with E-state index in [2.05, 4.69) is 31.4 Å². The molecule has 0 aromatic carbocycles. The van der Waals surface area contributed by atoms with E-state index in [-0.39, 0.29) is 29.3 Å². The molecule has 5 nitrogen and oxygen atoms in total. The Morgan fingerprint density at radius 1 is 1.00 bits per heavy atom. The number of hydrogen-bond acceptors (Lipinski definition) is 3. The number of amides is 2. The molecule has 0 aliphatic heterocycles. The molecule has 0 rings (SSSR count). The van der Waals surface area contributed by atoms with Crippen LogP contribution >= 0.6 is 0 Å². The van der Waals surface area contributed by atoms with Gasteiger partial charge in [0.05, 0.1) is 6.54 Å². The zero-order valence-electron chi connectivity index (χ0n) is 14.5. The van der Waals surface area contributed by atoms with Crippen LogP contribution < -0.4 is 16.4 Å². The summed E-state index contributed by atoms with van der Waals surface area (Å²) in [4.78, 5) is 23.4. The maximum absolute atomic E-state index is 11.8. The maximum atomic E-state index is 11.8. The van der Waals surface area contributed by atoms with Gasteiger partial charge in [-0.2, -0.15) is 0 Å². The molecule has 0 heterocycles. The van der Waals surface area contributed by atoms with Crippen molar-refractivity contribution in [2.24, 2.45) is 17.1 Å². The molecular formula is C16H33N3O2. The van der Waals surface area contributed by atoms with E-state index in [4.69, 9.17) is 5.73 Å². The standard InChI is InChI=1S/C16H33N3O2/c1-15(2,3)12(9-10-17)7-8-13(20)18-11-14(21)19-16(4,5)6/h12H,7-11,17H2,1-6H3,(H,18,20)(H,19,21). The third kappa shape index (κ3) is 10.3. The molecule has 124 valence electrons. The van der Waals surface area contributed by atoms with Gasteiger partial charge in [0.1, 0.15) is 0 Å². The number of hydrogen-bond donors (Lipinski definition) is 3. The Morgan fingerprint density at radius 3 is 2.00 bits per heavy atom. The fraction of sp³-hybridized carbons (Fsp3) is 0.875. The number of nitrogens with one attached hydrogen (secondary N) is 2. The number of carbonyl (C=O) groups excluding carboxylic acids is 2. The van der Waals surface area contributed by atoms with Crippen molar-refractivity contribution in [3.05, 3.63) is 0 Å². The molecule has 1 unspecified atom stereocenters. The summed E-state index contributed by atoms with van der Waals surface area (Å²) in [6, 6.07) is 0. The molecule has 0 bridgehead atoms. The predicted octanol–water partition coefficient (Wildman–Crippen LogP) is 1.81. The molecule has 0 saturated carbocycles. The van der Waals surface area contributed by atoms with E-state index >= 15 is 0 Å². The van der Waals surface area contributed by atoms with E-state index in [9.17, 15) is 9.59 Å². The van der Waals surface area contributed by atoms with E-state index in [1.807, 2.05) is 20.8 Å². The van der Waals surface area contributed by atoms with Crippen LogP contribution in [0.4, 0.5) is 0 Å². The predicted molar refractivity (Wildman–Crippen MR) is 86.8 cm³/mol. The topological polar surface area (TPSA) is 84.2 Å². The van der Waals surface area contributed by atoms with Crippen LogP contribution in [0.15, 0.2) is 0 Å². The van der Waals surface area contributed by atoms with Crippen LogP contribution in [-0.2, 0) is 9.59 Å². The number of nitrogens with two attached hydrogens (primary N) is 1. The molecule has 4 N–H and O–H groups in total. The van der Waals surface area contributed by atoms with Crippen molar-refractivity contribution in [1.82, 2.24) is 10.6 Å². The second-order valence-corrected chi connectivity index (χ2v) is 7.75. The Kier molecular flexibility index (Phi) is 7.93. The van der Waals surface area contributed by atoms with E-state index in [1.54, 1.807) is 0 Å². The van der Waals surface area contributed by atoms with Gasteiger partial charge >= 0.3 is 0 Å². The highest BCUT2D eigenvalue weighted by Gasteiger charge is 2.24. The first kappa shape index (κ1) is 19.9. The summed E-state index contributed by atoms with van der Waals surface area (Å²) in [6.07, 6.45) is 2.15. The van der Waals surface area contributed by atoms with Gasteiger partial charge in [0.25, 0.3) is 0 Å². The van der Waals surface area contributed by atoms with Gasteiger partial charge in [0, 0.05) is 12.0 Å². The summed E-state index contributed by atoms with van der Waals surface area (Å²) < 4.78 is 0. The lowest BCUT2D eigenvalue weighted by Gasteiger charge is -2.30. The number of carbonyl (C=O) groups is 2. The zero-order valence-corrected chi connectivity index (χ0v) is 14.5. The van der Waals surface area contributed by atoms with Crippen LogP contribution in [0.1, 0.15) is 60.8 Å². The quantitative estimate of drug-likeness (QED) is 0.670. The minimum atomic E-state index is -0.278. The molecule has 0 aliphatic carbocycles. The van der Waals surface area contributed by atoms with Gasteiger partial charge in [0.2, 0.25) is 11.8 Å². The maximum Gasteiger partial charge on any atom is 0.239 e. The Balaban J connectivity index is 4.12. The summed E-state index contributed by atoms with van der Waals surface area (Å²) in [5.74, 6) is 0.173. The molecule has 0 saturated heterocycles. The summed E-state index contributed by atoms with van der Waals surface area (Å²) in [5, 5.41) is 5.49. The highest BCUT2D eigenvalue weighted by molar-refractivity contribution is 5.84. The first-order valence-corrected chi connectivity index (χ1v) is 7.73. The lowest BCUT2D eigenvalue weighted by atomic mass is 9.76. The van der Waals surface area contributed by atoms with E-state index in [0.717, 1.165) is 12.8 Å².